The van der Waals surface area contributed by atoms with Crippen LogP contribution in [0.1, 0.15) is 13.8 Å². The lowest BCUT2D eigenvalue weighted by molar-refractivity contribution is -0.00185. The van der Waals surface area contributed by atoms with Gasteiger partial charge in [0.1, 0.15) is 0 Å². The maximum atomic E-state index is 3.66. The summed E-state index contributed by atoms with van der Waals surface area (Å²) in [5.74, 6) is 0. The van der Waals surface area contributed by atoms with Crippen molar-refractivity contribution in [1.29, 1.82) is 0 Å². The maximum absolute atomic E-state index is 3.66. The van der Waals surface area contributed by atoms with Gasteiger partial charge in [-0.2, -0.15) is 0 Å². The summed E-state index contributed by atoms with van der Waals surface area (Å²) in [6.07, 6.45) is 0. The van der Waals surface area contributed by atoms with E-state index in [4.69, 9.17) is 0 Å². The van der Waals surface area contributed by atoms with Crippen molar-refractivity contribution in [3.8, 4) is 0 Å². The molecule has 1 N–H and O–H groups in total. The minimum atomic E-state index is 0.428. The van der Waals surface area contributed by atoms with E-state index in [9.17, 15) is 0 Å². The first-order chi connectivity index (χ1) is 6.11. The van der Waals surface area contributed by atoms with Gasteiger partial charge in [0.2, 0.25) is 0 Å². The van der Waals surface area contributed by atoms with Gasteiger partial charge in [-0.05, 0) is 20.9 Å². The van der Waals surface area contributed by atoms with Crippen molar-refractivity contribution >= 4 is 0 Å². The summed E-state index contributed by atoms with van der Waals surface area (Å²) in [6.45, 7) is 10.6. The molecular formula is C10H21N3. The molecule has 0 radical (unpaired) electrons. The lowest BCUT2D eigenvalue weighted by Crippen LogP contribution is -2.75. The van der Waals surface area contributed by atoms with Gasteiger partial charge in [0.25, 0.3) is 0 Å². The molecule has 0 unspecified atom stereocenters. The standard InChI is InChI=1S/C10H21N3/c1-9(2)13-5-4-11-10(8-13)6-12(3)7-10/h9,11H,4-8H2,1-3H3. The van der Waals surface area contributed by atoms with Crippen molar-refractivity contribution < 1.29 is 0 Å². The quantitative estimate of drug-likeness (QED) is 0.616. The maximum Gasteiger partial charge on any atom is 0.0566 e. The molecule has 1 spiro atoms. The highest BCUT2D eigenvalue weighted by Crippen LogP contribution is 2.23. The summed E-state index contributed by atoms with van der Waals surface area (Å²) in [7, 11) is 2.20. The van der Waals surface area contributed by atoms with E-state index in [1.165, 1.54) is 26.2 Å². The number of likely N-dealkylation sites (N-methyl/N-ethyl adjacent to an activating group) is 1. The molecule has 76 valence electrons. The molecule has 0 amide bonds. The number of rotatable bonds is 1. The SMILES string of the molecule is CC(C)N1CCNC2(CN(C)C2)C1. The van der Waals surface area contributed by atoms with Crippen molar-refractivity contribution in [1.82, 2.24) is 15.1 Å². The Bertz CT molecular complexity index is 179. The minimum Gasteiger partial charge on any atom is -0.307 e. The molecule has 2 aliphatic heterocycles. The van der Waals surface area contributed by atoms with Crippen molar-refractivity contribution in [3.05, 3.63) is 0 Å². The van der Waals surface area contributed by atoms with E-state index in [0.29, 0.717) is 11.6 Å². The number of nitrogens with one attached hydrogen (secondary N) is 1. The van der Waals surface area contributed by atoms with Crippen LogP contribution in [0.4, 0.5) is 0 Å². The summed E-state index contributed by atoms with van der Waals surface area (Å²) < 4.78 is 0. The first-order valence-corrected chi connectivity index (χ1v) is 5.29. The van der Waals surface area contributed by atoms with Gasteiger partial charge in [-0.25, -0.2) is 0 Å². The third-order valence-corrected chi connectivity index (χ3v) is 3.28. The zero-order valence-electron chi connectivity index (χ0n) is 9.01. The molecule has 2 rings (SSSR count). The Hall–Kier alpha value is -0.120. The van der Waals surface area contributed by atoms with Gasteiger partial charge >= 0.3 is 0 Å². The van der Waals surface area contributed by atoms with E-state index in [1.54, 1.807) is 0 Å². The first-order valence-electron chi connectivity index (χ1n) is 5.29. The van der Waals surface area contributed by atoms with E-state index in [-0.39, 0.29) is 0 Å². The summed E-state index contributed by atoms with van der Waals surface area (Å²) in [6, 6.07) is 0.699. The van der Waals surface area contributed by atoms with Crippen LogP contribution in [0.5, 0.6) is 0 Å². The molecule has 2 heterocycles. The minimum absolute atomic E-state index is 0.428. The van der Waals surface area contributed by atoms with E-state index in [1.807, 2.05) is 0 Å². The molecule has 2 aliphatic rings. The Labute approximate surface area is 81.1 Å². The van der Waals surface area contributed by atoms with E-state index >= 15 is 0 Å². The van der Waals surface area contributed by atoms with Crippen LogP contribution >= 0.6 is 0 Å². The Kier molecular flexibility index (Phi) is 2.34. The number of hydrogen-bond acceptors (Lipinski definition) is 3. The second-order valence-electron chi connectivity index (χ2n) is 4.94. The van der Waals surface area contributed by atoms with E-state index in [0.717, 1.165) is 6.54 Å². The van der Waals surface area contributed by atoms with Gasteiger partial charge in [-0.3, -0.25) is 4.90 Å². The lowest BCUT2D eigenvalue weighted by atomic mass is 9.87. The van der Waals surface area contributed by atoms with Crippen molar-refractivity contribution in [2.24, 2.45) is 0 Å². The predicted molar refractivity (Wildman–Crippen MR) is 54.9 cm³/mol. The number of nitrogens with zero attached hydrogens (tertiary/aromatic N) is 2. The molecule has 0 aromatic carbocycles. The molecule has 0 aliphatic carbocycles. The van der Waals surface area contributed by atoms with Crippen LogP contribution in [0.3, 0.4) is 0 Å². The summed E-state index contributed by atoms with van der Waals surface area (Å²) in [4.78, 5) is 4.97. The normalized spacial score (nSPS) is 29.5. The Morgan fingerprint density at radius 3 is 2.46 bits per heavy atom. The highest BCUT2D eigenvalue weighted by atomic mass is 15.3. The van der Waals surface area contributed by atoms with Crippen molar-refractivity contribution in [3.63, 3.8) is 0 Å². The second-order valence-corrected chi connectivity index (χ2v) is 4.94. The highest BCUT2D eigenvalue weighted by Gasteiger charge is 2.44. The Balaban J connectivity index is 1.93. The smallest absolute Gasteiger partial charge is 0.0566 e. The molecule has 0 saturated carbocycles. The Morgan fingerprint density at radius 1 is 1.23 bits per heavy atom. The van der Waals surface area contributed by atoms with Gasteiger partial charge in [0.05, 0.1) is 5.54 Å². The zero-order chi connectivity index (χ0) is 9.47. The van der Waals surface area contributed by atoms with E-state index < -0.39 is 0 Å². The molecule has 0 aromatic heterocycles. The number of hydrogen-bond donors (Lipinski definition) is 1. The average molecular weight is 183 g/mol. The van der Waals surface area contributed by atoms with Gasteiger partial charge in [-0.1, -0.05) is 0 Å². The molecule has 0 atom stereocenters. The van der Waals surface area contributed by atoms with E-state index in [2.05, 4.69) is 36.0 Å². The molecule has 3 heteroatoms. The molecule has 2 fully saturated rings. The van der Waals surface area contributed by atoms with Crippen molar-refractivity contribution in [2.45, 2.75) is 25.4 Å². The van der Waals surface area contributed by atoms with Gasteiger partial charge < -0.3 is 10.2 Å². The van der Waals surface area contributed by atoms with Crippen LogP contribution in [0.15, 0.2) is 0 Å². The molecule has 0 bridgehead atoms. The number of piperazine rings is 1. The molecule has 13 heavy (non-hydrogen) atoms. The van der Waals surface area contributed by atoms with Crippen LogP contribution in [0.25, 0.3) is 0 Å². The molecule has 0 aromatic rings. The second kappa shape index (κ2) is 3.23. The van der Waals surface area contributed by atoms with Gasteiger partial charge in [0.15, 0.2) is 0 Å². The molecular weight excluding hydrogens is 162 g/mol. The molecule has 2 saturated heterocycles. The van der Waals surface area contributed by atoms with Gasteiger partial charge in [-0.15, -0.1) is 0 Å². The summed E-state index contributed by atoms with van der Waals surface area (Å²) in [5.41, 5.74) is 0.428. The topological polar surface area (TPSA) is 18.5 Å². The summed E-state index contributed by atoms with van der Waals surface area (Å²) in [5, 5.41) is 3.66. The third kappa shape index (κ3) is 1.73. The monoisotopic (exact) mass is 183 g/mol. The van der Waals surface area contributed by atoms with Crippen molar-refractivity contribution in [2.75, 3.05) is 39.8 Å². The van der Waals surface area contributed by atoms with Crippen LogP contribution in [0.2, 0.25) is 0 Å². The first kappa shape index (κ1) is 9.44. The van der Waals surface area contributed by atoms with Crippen LogP contribution in [0, 0.1) is 0 Å². The zero-order valence-corrected chi connectivity index (χ0v) is 9.01. The highest BCUT2D eigenvalue weighted by molar-refractivity contribution is 5.05. The lowest BCUT2D eigenvalue weighted by Gasteiger charge is -2.54. The summed E-state index contributed by atoms with van der Waals surface area (Å²) >= 11 is 0. The Morgan fingerprint density at radius 2 is 1.92 bits per heavy atom. The van der Waals surface area contributed by atoms with Crippen LogP contribution in [-0.4, -0.2) is 61.2 Å². The fraction of sp³-hybridized carbons (Fsp3) is 1.00. The van der Waals surface area contributed by atoms with Gasteiger partial charge in [0, 0.05) is 38.8 Å². The fourth-order valence-electron chi connectivity index (χ4n) is 2.63. The fourth-order valence-corrected chi connectivity index (χ4v) is 2.63. The number of likely N-dealkylation sites (tertiary alicyclic amines) is 1. The van der Waals surface area contributed by atoms with Crippen LogP contribution in [-0.2, 0) is 0 Å². The average Bonchev–Trinajstić information content (AvgIpc) is 2.02. The third-order valence-electron chi connectivity index (χ3n) is 3.28. The predicted octanol–water partition coefficient (Wildman–Crippen LogP) is -0.0158. The van der Waals surface area contributed by atoms with Crippen LogP contribution < -0.4 is 5.32 Å². The molecule has 3 nitrogen and oxygen atoms in total. The largest absolute Gasteiger partial charge is 0.307 e.